The van der Waals surface area contributed by atoms with E-state index in [9.17, 15) is 13.2 Å². The molecule has 0 saturated carbocycles. The van der Waals surface area contributed by atoms with Gasteiger partial charge in [-0.05, 0) is 19.4 Å². The van der Waals surface area contributed by atoms with Crippen LogP contribution in [-0.2, 0) is 9.47 Å². The molecular weight excluding hydrogens is 223 g/mol. The van der Waals surface area contributed by atoms with Crippen LogP contribution in [0.2, 0.25) is 0 Å². The number of hydrogen-bond acceptors (Lipinski definition) is 3. The first-order chi connectivity index (χ1) is 7.44. The van der Waals surface area contributed by atoms with Crippen molar-refractivity contribution in [2.24, 2.45) is 0 Å². The van der Waals surface area contributed by atoms with Gasteiger partial charge in [0.15, 0.2) is 6.29 Å². The molecule has 98 valence electrons. The number of alkyl halides is 3. The molecule has 1 unspecified atom stereocenters. The molecule has 0 spiro atoms. The van der Waals surface area contributed by atoms with Crippen LogP contribution < -0.4 is 5.32 Å². The summed E-state index contributed by atoms with van der Waals surface area (Å²) in [4.78, 5) is 0. The Kier molecular flexibility index (Phi) is 7.70. The molecule has 0 rings (SSSR count). The average Bonchev–Trinajstić information content (AvgIpc) is 2.17. The van der Waals surface area contributed by atoms with Gasteiger partial charge in [-0.25, -0.2) is 0 Å². The maximum absolute atomic E-state index is 12.0. The Hall–Kier alpha value is -0.330. The Morgan fingerprint density at radius 2 is 1.75 bits per heavy atom. The third-order valence-corrected chi connectivity index (χ3v) is 2.23. The molecule has 1 N–H and O–H groups in total. The summed E-state index contributed by atoms with van der Waals surface area (Å²) in [7, 11) is 2.95. The van der Waals surface area contributed by atoms with Crippen LogP contribution in [0.3, 0.4) is 0 Å². The molecule has 0 heterocycles. The molecule has 16 heavy (non-hydrogen) atoms. The first-order valence-electron chi connectivity index (χ1n) is 5.30. The normalized spacial score (nSPS) is 14.4. The molecule has 1 atom stereocenters. The van der Waals surface area contributed by atoms with E-state index in [4.69, 9.17) is 9.47 Å². The third kappa shape index (κ3) is 7.03. The number of hydrogen-bond donors (Lipinski definition) is 1. The van der Waals surface area contributed by atoms with Crippen LogP contribution in [0, 0.1) is 0 Å². The molecule has 0 radical (unpaired) electrons. The Labute approximate surface area is 94.3 Å². The van der Waals surface area contributed by atoms with Crippen LogP contribution in [0.25, 0.3) is 0 Å². The molecule has 0 aliphatic rings. The lowest BCUT2D eigenvalue weighted by molar-refractivity contribution is -0.142. The maximum Gasteiger partial charge on any atom is 0.389 e. The standard InChI is InChI=1S/C10H20F3NO2/c1-4-14-8(9(15-2)16-3)6-5-7-10(11,12)13/h8-9,14H,4-7H2,1-3H3. The number of rotatable bonds is 8. The molecule has 6 heteroatoms. The topological polar surface area (TPSA) is 30.5 Å². The number of nitrogens with one attached hydrogen (secondary N) is 1. The summed E-state index contributed by atoms with van der Waals surface area (Å²) in [5.41, 5.74) is 0. The highest BCUT2D eigenvalue weighted by Crippen LogP contribution is 2.23. The van der Waals surface area contributed by atoms with E-state index in [0.717, 1.165) is 0 Å². The Balaban J connectivity index is 4.02. The van der Waals surface area contributed by atoms with Gasteiger partial charge < -0.3 is 14.8 Å². The predicted molar refractivity (Wildman–Crippen MR) is 55.2 cm³/mol. The van der Waals surface area contributed by atoms with Crippen molar-refractivity contribution < 1.29 is 22.6 Å². The highest BCUT2D eigenvalue weighted by molar-refractivity contribution is 4.70. The zero-order valence-electron chi connectivity index (χ0n) is 9.93. The van der Waals surface area contributed by atoms with Gasteiger partial charge in [-0.15, -0.1) is 0 Å². The van der Waals surface area contributed by atoms with Crippen molar-refractivity contribution in [3.8, 4) is 0 Å². The average molecular weight is 243 g/mol. The van der Waals surface area contributed by atoms with E-state index in [0.29, 0.717) is 13.0 Å². The van der Waals surface area contributed by atoms with Crippen molar-refractivity contribution >= 4 is 0 Å². The van der Waals surface area contributed by atoms with Gasteiger partial charge >= 0.3 is 6.18 Å². The fourth-order valence-electron chi connectivity index (χ4n) is 1.54. The second-order valence-electron chi connectivity index (χ2n) is 3.51. The minimum Gasteiger partial charge on any atom is -0.354 e. The Morgan fingerprint density at radius 1 is 1.19 bits per heavy atom. The molecule has 0 aromatic rings. The van der Waals surface area contributed by atoms with Crippen molar-refractivity contribution in [1.29, 1.82) is 0 Å². The van der Waals surface area contributed by atoms with E-state index in [2.05, 4.69) is 5.32 Å². The summed E-state index contributed by atoms with van der Waals surface area (Å²) in [5, 5.41) is 3.05. The van der Waals surface area contributed by atoms with Gasteiger partial charge in [-0.2, -0.15) is 13.2 Å². The molecule has 0 aromatic carbocycles. The Bertz CT molecular complexity index is 172. The molecule has 0 aliphatic heterocycles. The number of halogens is 3. The summed E-state index contributed by atoms with van der Waals surface area (Å²) in [5.74, 6) is 0. The van der Waals surface area contributed by atoms with Crippen molar-refractivity contribution in [2.75, 3.05) is 20.8 Å². The summed E-state index contributed by atoms with van der Waals surface area (Å²) in [6, 6.07) is -0.206. The van der Waals surface area contributed by atoms with Gasteiger partial charge in [0.25, 0.3) is 0 Å². The molecular formula is C10H20F3NO2. The lowest BCUT2D eigenvalue weighted by Gasteiger charge is -2.25. The van der Waals surface area contributed by atoms with Crippen LogP contribution in [0.15, 0.2) is 0 Å². The van der Waals surface area contributed by atoms with Gasteiger partial charge in [0.2, 0.25) is 0 Å². The fraction of sp³-hybridized carbons (Fsp3) is 1.00. The van der Waals surface area contributed by atoms with Crippen LogP contribution in [-0.4, -0.2) is 39.3 Å². The zero-order chi connectivity index (χ0) is 12.6. The molecule has 0 fully saturated rings. The number of likely N-dealkylation sites (N-methyl/N-ethyl adjacent to an activating group) is 1. The van der Waals surface area contributed by atoms with Gasteiger partial charge in [0.05, 0.1) is 6.04 Å². The van der Waals surface area contributed by atoms with E-state index in [-0.39, 0.29) is 12.5 Å². The van der Waals surface area contributed by atoms with Crippen LogP contribution >= 0.6 is 0 Å². The van der Waals surface area contributed by atoms with Crippen molar-refractivity contribution in [3.63, 3.8) is 0 Å². The van der Waals surface area contributed by atoms with Crippen molar-refractivity contribution in [2.45, 2.75) is 44.7 Å². The van der Waals surface area contributed by atoms with Gasteiger partial charge in [-0.3, -0.25) is 0 Å². The maximum atomic E-state index is 12.0. The van der Waals surface area contributed by atoms with E-state index < -0.39 is 18.9 Å². The highest BCUT2D eigenvalue weighted by atomic mass is 19.4. The lowest BCUT2D eigenvalue weighted by atomic mass is 10.1. The molecule has 0 aliphatic carbocycles. The first-order valence-corrected chi connectivity index (χ1v) is 5.30. The largest absolute Gasteiger partial charge is 0.389 e. The van der Waals surface area contributed by atoms with E-state index >= 15 is 0 Å². The number of methoxy groups -OCH3 is 2. The Morgan fingerprint density at radius 3 is 2.12 bits per heavy atom. The number of ether oxygens (including phenoxy) is 2. The second-order valence-corrected chi connectivity index (χ2v) is 3.51. The van der Waals surface area contributed by atoms with Crippen LogP contribution in [0.4, 0.5) is 13.2 Å². The second kappa shape index (κ2) is 7.86. The summed E-state index contributed by atoms with van der Waals surface area (Å²) in [6.07, 6.45) is -4.92. The SMILES string of the molecule is CCNC(CCCC(F)(F)F)C(OC)OC. The van der Waals surface area contributed by atoms with E-state index in [1.807, 2.05) is 6.92 Å². The summed E-state index contributed by atoms with van der Waals surface area (Å²) in [6.45, 7) is 2.55. The minimum absolute atomic E-state index is 0.0738. The van der Waals surface area contributed by atoms with Crippen LogP contribution in [0.5, 0.6) is 0 Å². The van der Waals surface area contributed by atoms with E-state index in [1.165, 1.54) is 14.2 Å². The summed E-state index contributed by atoms with van der Waals surface area (Å²) < 4.78 is 46.0. The van der Waals surface area contributed by atoms with Gasteiger partial charge in [0, 0.05) is 20.6 Å². The molecule has 0 amide bonds. The van der Waals surface area contributed by atoms with Crippen molar-refractivity contribution in [1.82, 2.24) is 5.32 Å². The summed E-state index contributed by atoms with van der Waals surface area (Å²) >= 11 is 0. The molecule has 3 nitrogen and oxygen atoms in total. The third-order valence-electron chi connectivity index (χ3n) is 2.23. The predicted octanol–water partition coefficient (Wildman–Crippen LogP) is 2.32. The first kappa shape index (κ1) is 15.7. The zero-order valence-corrected chi connectivity index (χ0v) is 9.93. The molecule has 0 saturated heterocycles. The minimum atomic E-state index is -4.09. The van der Waals surface area contributed by atoms with Crippen molar-refractivity contribution in [3.05, 3.63) is 0 Å². The molecule has 0 bridgehead atoms. The van der Waals surface area contributed by atoms with Crippen LogP contribution in [0.1, 0.15) is 26.2 Å². The lowest BCUT2D eigenvalue weighted by Crippen LogP contribution is -2.42. The smallest absolute Gasteiger partial charge is 0.354 e. The fourth-order valence-corrected chi connectivity index (χ4v) is 1.54. The van der Waals surface area contributed by atoms with Gasteiger partial charge in [-0.1, -0.05) is 6.92 Å². The molecule has 0 aromatic heterocycles. The van der Waals surface area contributed by atoms with E-state index in [1.54, 1.807) is 0 Å². The monoisotopic (exact) mass is 243 g/mol. The quantitative estimate of drug-likeness (QED) is 0.664. The van der Waals surface area contributed by atoms with Gasteiger partial charge in [0.1, 0.15) is 0 Å². The highest BCUT2D eigenvalue weighted by Gasteiger charge is 2.28.